The molecule has 0 aliphatic carbocycles. The maximum Gasteiger partial charge on any atom is 0.122 e. The van der Waals surface area contributed by atoms with Crippen LogP contribution in [0.5, 0.6) is 0 Å². The molecular weight excluding hydrogens is 224 g/mol. The average Bonchev–Trinajstić information content (AvgIpc) is 2.86. The van der Waals surface area contributed by atoms with E-state index < -0.39 is 0 Å². The summed E-state index contributed by atoms with van der Waals surface area (Å²) in [5, 5.41) is 7.40. The van der Waals surface area contributed by atoms with E-state index in [2.05, 4.69) is 21.9 Å². The Bertz CT molecular complexity index is 440. The van der Waals surface area contributed by atoms with Gasteiger partial charge in [0.2, 0.25) is 0 Å². The van der Waals surface area contributed by atoms with E-state index in [-0.39, 0.29) is 5.84 Å². The maximum atomic E-state index is 7.40. The van der Waals surface area contributed by atoms with Gasteiger partial charge in [-0.2, -0.15) is 0 Å². The SMILES string of the molecule is N=C(N)c1ccc(N2CCN3CCCC3C2)cc1. The van der Waals surface area contributed by atoms with Crippen molar-refractivity contribution >= 4 is 11.5 Å². The van der Waals surface area contributed by atoms with Crippen LogP contribution in [-0.4, -0.2) is 43.0 Å². The van der Waals surface area contributed by atoms with Crippen LogP contribution in [0.2, 0.25) is 0 Å². The Morgan fingerprint density at radius 2 is 1.94 bits per heavy atom. The molecule has 96 valence electrons. The zero-order valence-electron chi connectivity index (χ0n) is 10.6. The topological polar surface area (TPSA) is 56.4 Å². The Kier molecular flexibility index (Phi) is 2.96. The van der Waals surface area contributed by atoms with Gasteiger partial charge in [-0.3, -0.25) is 10.3 Å². The van der Waals surface area contributed by atoms with Gasteiger partial charge in [0.1, 0.15) is 5.84 Å². The molecule has 2 saturated heterocycles. The van der Waals surface area contributed by atoms with Gasteiger partial charge in [0.15, 0.2) is 0 Å². The number of nitrogens with two attached hydrogens (primary N) is 1. The van der Waals surface area contributed by atoms with Crippen LogP contribution in [-0.2, 0) is 0 Å². The zero-order chi connectivity index (χ0) is 12.5. The van der Waals surface area contributed by atoms with E-state index in [4.69, 9.17) is 11.1 Å². The predicted octanol–water partition coefficient (Wildman–Crippen LogP) is 1.26. The predicted molar refractivity (Wildman–Crippen MR) is 74.3 cm³/mol. The number of hydrogen-bond donors (Lipinski definition) is 2. The quantitative estimate of drug-likeness (QED) is 0.608. The van der Waals surface area contributed by atoms with Crippen molar-refractivity contribution in [3.63, 3.8) is 0 Å². The standard InChI is InChI=1S/C14H20N4/c15-14(16)11-3-5-12(6-4-11)18-9-8-17-7-1-2-13(17)10-18/h3-6,13H,1-2,7-10H2,(H3,15,16). The Hall–Kier alpha value is -1.55. The Balaban J connectivity index is 1.73. The molecule has 0 radical (unpaired) electrons. The maximum absolute atomic E-state index is 7.40. The Morgan fingerprint density at radius 3 is 2.67 bits per heavy atom. The van der Waals surface area contributed by atoms with Gasteiger partial charge in [0, 0.05) is 36.9 Å². The molecule has 1 aromatic carbocycles. The molecule has 0 aromatic heterocycles. The van der Waals surface area contributed by atoms with E-state index in [0.717, 1.165) is 24.7 Å². The van der Waals surface area contributed by atoms with Crippen LogP contribution in [0.3, 0.4) is 0 Å². The van der Waals surface area contributed by atoms with E-state index in [0.29, 0.717) is 0 Å². The number of nitrogens with one attached hydrogen (secondary N) is 1. The molecule has 3 rings (SSSR count). The van der Waals surface area contributed by atoms with Gasteiger partial charge in [-0.25, -0.2) is 0 Å². The third kappa shape index (κ3) is 2.08. The molecule has 1 unspecified atom stereocenters. The summed E-state index contributed by atoms with van der Waals surface area (Å²) in [6.45, 7) is 4.70. The molecule has 0 spiro atoms. The molecule has 2 fully saturated rings. The normalized spacial score (nSPS) is 24.0. The highest BCUT2D eigenvalue weighted by Crippen LogP contribution is 2.25. The van der Waals surface area contributed by atoms with Crippen molar-refractivity contribution in [2.75, 3.05) is 31.1 Å². The van der Waals surface area contributed by atoms with Gasteiger partial charge in [-0.05, 0) is 43.7 Å². The first-order valence-corrected chi connectivity index (χ1v) is 6.67. The first-order valence-electron chi connectivity index (χ1n) is 6.67. The highest BCUT2D eigenvalue weighted by Gasteiger charge is 2.30. The van der Waals surface area contributed by atoms with Gasteiger partial charge in [0.05, 0.1) is 0 Å². The Labute approximate surface area is 108 Å². The van der Waals surface area contributed by atoms with Crippen LogP contribution in [0.1, 0.15) is 18.4 Å². The van der Waals surface area contributed by atoms with Crippen LogP contribution in [0.15, 0.2) is 24.3 Å². The van der Waals surface area contributed by atoms with Gasteiger partial charge >= 0.3 is 0 Å². The fraction of sp³-hybridized carbons (Fsp3) is 0.500. The number of nitrogen functional groups attached to an aromatic ring is 1. The van der Waals surface area contributed by atoms with Gasteiger partial charge < -0.3 is 10.6 Å². The summed E-state index contributed by atoms with van der Waals surface area (Å²) in [7, 11) is 0. The first kappa shape index (κ1) is 11.5. The van der Waals surface area contributed by atoms with Crippen molar-refractivity contribution in [3.8, 4) is 0 Å². The van der Waals surface area contributed by atoms with Gasteiger partial charge in [-0.1, -0.05) is 0 Å². The molecule has 18 heavy (non-hydrogen) atoms. The van der Waals surface area contributed by atoms with E-state index >= 15 is 0 Å². The number of hydrogen-bond acceptors (Lipinski definition) is 3. The van der Waals surface area contributed by atoms with Crippen molar-refractivity contribution in [1.29, 1.82) is 5.41 Å². The monoisotopic (exact) mass is 244 g/mol. The molecule has 0 bridgehead atoms. The van der Waals surface area contributed by atoms with Crippen molar-refractivity contribution in [2.24, 2.45) is 5.73 Å². The highest BCUT2D eigenvalue weighted by atomic mass is 15.3. The molecule has 0 amide bonds. The van der Waals surface area contributed by atoms with Crippen LogP contribution >= 0.6 is 0 Å². The third-order valence-electron chi connectivity index (χ3n) is 4.13. The van der Waals surface area contributed by atoms with Crippen molar-refractivity contribution < 1.29 is 0 Å². The number of rotatable bonds is 2. The minimum Gasteiger partial charge on any atom is -0.384 e. The summed E-state index contributed by atoms with van der Waals surface area (Å²) in [6.07, 6.45) is 2.68. The van der Waals surface area contributed by atoms with E-state index in [1.54, 1.807) is 0 Å². The average molecular weight is 244 g/mol. The lowest BCUT2D eigenvalue weighted by atomic mass is 10.1. The van der Waals surface area contributed by atoms with Crippen molar-refractivity contribution in [3.05, 3.63) is 29.8 Å². The van der Waals surface area contributed by atoms with Crippen LogP contribution in [0.4, 0.5) is 5.69 Å². The number of amidine groups is 1. The van der Waals surface area contributed by atoms with Crippen LogP contribution in [0.25, 0.3) is 0 Å². The van der Waals surface area contributed by atoms with Crippen LogP contribution in [0, 0.1) is 5.41 Å². The Morgan fingerprint density at radius 1 is 1.17 bits per heavy atom. The van der Waals surface area contributed by atoms with Gasteiger partial charge in [-0.15, -0.1) is 0 Å². The van der Waals surface area contributed by atoms with E-state index in [1.165, 1.54) is 31.6 Å². The third-order valence-corrected chi connectivity index (χ3v) is 4.13. The smallest absolute Gasteiger partial charge is 0.122 e. The van der Waals surface area contributed by atoms with E-state index in [9.17, 15) is 0 Å². The second-order valence-electron chi connectivity index (χ2n) is 5.24. The number of piperazine rings is 1. The molecule has 3 N–H and O–H groups in total. The summed E-state index contributed by atoms with van der Waals surface area (Å²) in [5.74, 6) is 0.141. The van der Waals surface area contributed by atoms with Gasteiger partial charge in [0.25, 0.3) is 0 Å². The lowest BCUT2D eigenvalue weighted by molar-refractivity contribution is 0.231. The molecular formula is C14H20N4. The molecule has 2 aliphatic heterocycles. The summed E-state index contributed by atoms with van der Waals surface area (Å²) in [5.41, 5.74) is 7.54. The van der Waals surface area contributed by atoms with E-state index in [1.807, 2.05) is 12.1 Å². The highest BCUT2D eigenvalue weighted by molar-refractivity contribution is 5.95. The first-order chi connectivity index (χ1) is 8.74. The molecule has 2 heterocycles. The van der Waals surface area contributed by atoms with Crippen LogP contribution < -0.4 is 10.6 Å². The molecule has 1 atom stereocenters. The molecule has 0 saturated carbocycles. The zero-order valence-corrected chi connectivity index (χ0v) is 10.6. The summed E-state index contributed by atoms with van der Waals surface area (Å²) in [6, 6.07) is 8.80. The number of anilines is 1. The van der Waals surface area contributed by atoms with Crippen molar-refractivity contribution in [1.82, 2.24) is 4.90 Å². The lowest BCUT2D eigenvalue weighted by Gasteiger charge is -2.38. The molecule has 4 nitrogen and oxygen atoms in total. The number of fused-ring (bicyclic) bond motifs is 1. The lowest BCUT2D eigenvalue weighted by Crippen LogP contribution is -2.50. The fourth-order valence-electron chi connectivity index (χ4n) is 3.08. The molecule has 2 aliphatic rings. The second kappa shape index (κ2) is 4.61. The largest absolute Gasteiger partial charge is 0.384 e. The number of benzene rings is 1. The molecule has 4 heteroatoms. The second-order valence-corrected chi connectivity index (χ2v) is 5.24. The van der Waals surface area contributed by atoms with Crippen molar-refractivity contribution in [2.45, 2.75) is 18.9 Å². The minimum absolute atomic E-state index is 0.141. The minimum atomic E-state index is 0.141. The summed E-state index contributed by atoms with van der Waals surface area (Å²) >= 11 is 0. The fourth-order valence-corrected chi connectivity index (χ4v) is 3.08. The summed E-state index contributed by atoms with van der Waals surface area (Å²) < 4.78 is 0. The molecule has 1 aromatic rings. The summed E-state index contributed by atoms with van der Waals surface area (Å²) in [4.78, 5) is 5.07. The number of nitrogens with zero attached hydrogens (tertiary/aromatic N) is 2.